The Morgan fingerprint density at radius 1 is 1.19 bits per heavy atom. The number of ketones is 1. The van der Waals surface area contributed by atoms with Crippen LogP contribution >= 0.6 is 0 Å². The Bertz CT molecular complexity index is 373. The molecule has 1 spiro atoms. The molecule has 3 atom stereocenters. The van der Waals surface area contributed by atoms with Gasteiger partial charge in [0.2, 0.25) is 11.4 Å². The van der Waals surface area contributed by atoms with Crippen molar-refractivity contribution in [2.75, 3.05) is 0 Å². The third kappa shape index (κ3) is 1.03. The van der Waals surface area contributed by atoms with E-state index in [1.807, 2.05) is 0 Å². The number of fused-ring (bicyclic) bond motifs is 2. The van der Waals surface area contributed by atoms with Crippen LogP contribution in [0.1, 0.15) is 39.5 Å². The van der Waals surface area contributed by atoms with E-state index < -0.39 is 17.4 Å². The highest BCUT2D eigenvalue weighted by Gasteiger charge is 2.73. The molecule has 0 radical (unpaired) electrons. The standard InChI is InChI=1S/C12H16O4/c1-11(2)15-10(14)12(16-11)8-6-4-3-5-7(8)9(12)13/h7-8H,3-6H2,1-2H3/t7-,8+,12+/m1/s1. The maximum absolute atomic E-state index is 12.1. The highest BCUT2D eigenvalue weighted by atomic mass is 16.8. The van der Waals surface area contributed by atoms with Crippen molar-refractivity contribution in [3.8, 4) is 0 Å². The van der Waals surface area contributed by atoms with Crippen molar-refractivity contribution >= 4 is 11.8 Å². The first-order valence-electron chi connectivity index (χ1n) is 5.95. The van der Waals surface area contributed by atoms with Gasteiger partial charge in [-0.3, -0.25) is 4.79 Å². The zero-order chi connectivity index (χ0) is 11.6. The molecule has 0 bridgehead atoms. The summed E-state index contributed by atoms with van der Waals surface area (Å²) in [4.78, 5) is 24.0. The zero-order valence-corrected chi connectivity index (χ0v) is 9.62. The number of Topliss-reactive ketones (excluding diaryl/α,β-unsaturated/α-hetero) is 1. The number of ether oxygens (including phenoxy) is 2. The number of rotatable bonds is 0. The molecule has 0 aromatic carbocycles. The summed E-state index contributed by atoms with van der Waals surface area (Å²) in [6.07, 6.45) is 3.97. The second kappa shape index (κ2) is 2.86. The fourth-order valence-electron chi connectivity index (χ4n) is 3.42. The summed E-state index contributed by atoms with van der Waals surface area (Å²) in [7, 11) is 0. The van der Waals surface area contributed by atoms with E-state index in [1.54, 1.807) is 13.8 Å². The van der Waals surface area contributed by atoms with Gasteiger partial charge in [-0.05, 0) is 12.8 Å². The molecule has 1 heterocycles. The van der Waals surface area contributed by atoms with Crippen LogP contribution < -0.4 is 0 Å². The molecule has 0 N–H and O–H groups in total. The Morgan fingerprint density at radius 3 is 2.50 bits per heavy atom. The lowest BCUT2D eigenvalue weighted by Gasteiger charge is -2.50. The second-order valence-corrected chi connectivity index (χ2v) is 5.49. The van der Waals surface area contributed by atoms with Crippen molar-refractivity contribution in [1.29, 1.82) is 0 Å². The van der Waals surface area contributed by atoms with Gasteiger partial charge in [-0.15, -0.1) is 0 Å². The van der Waals surface area contributed by atoms with Crippen molar-refractivity contribution in [2.24, 2.45) is 11.8 Å². The number of hydrogen-bond acceptors (Lipinski definition) is 4. The predicted octanol–water partition coefficient (Wildman–Crippen LogP) is 1.42. The highest BCUT2D eigenvalue weighted by Crippen LogP contribution is 2.55. The molecule has 3 aliphatic rings. The molecule has 2 saturated carbocycles. The molecule has 2 aliphatic carbocycles. The van der Waals surface area contributed by atoms with Gasteiger partial charge in [0, 0.05) is 25.7 Å². The minimum Gasteiger partial charge on any atom is -0.431 e. The molecule has 16 heavy (non-hydrogen) atoms. The average molecular weight is 224 g/mol. The Labute approximate surface area is 94.3 Å². The van der Waals surface area contributed by atoms with Crippen LogP contribution in [0.25, 0.3) is 0 Å². The SMILES string of the molecule is CC1(C)OC(=O)[C@@]2(O1)C(=O)[C@@H]1CCCC[C@@H]12. The normalized spacial score (nSPS) is 45.1. The lowest BCUT2D eigenvalue weighted by atomic mass is 9.54. The summed E-state index contributed by atoms with van der Waals surface area (Å²) in [5.74, 6) is -1.37. The molecular formula is C12H16O4. The molecule has 0 aromatic rings. The number of carbonyl (C=O) groups is 2. The maximum Gasteiger partial charge on any atom is 0.349 e. The molecule has 1 aliphatic heterocycles. The first kappa shape index (κ1) is 10.3. The van der Waals surface area contributed by atoms with Crippen molar-refractivity contribution in [1.82, 2.24) is 0 Å². The molecule has 3 fully saturated rings. The van der Waals surface area contributed by atoms with Crippen LogP contribution in [0.2, 0.25) is 0 Å². The Balaban J connectivity index is 1.95. The molecule has 0 amide bonds. The Kier molecular flexibility index (Phi) is 1.83. The van der Waals surface area contributed by atoms with Crippen LogP contribution in [0.5, 0.6) is 0 Å². The van der Waals surface area contributed by atoms with Crippen molar-refractivity contribution in [3.63, 3.8) is 0 Å². The number of cyclic esters (lactones) is 1. The van der Waals surface area contributed by atoms with Crippen LogP contribution in [-0.4, -0.2) is 23.1 Å². The van der Waals surface area contributed by atoms with Gasteiger partial charge in [0.25, 0.3) is 0 Å². The van der Waals surface area contributed by atoms with Crippen LogP contribution in [-0.2, 0) is 19.1 Å². The summed E-state index contributed by atoms with van der Waals surface area (Å²) in [5, 5.41) is 0. The molecular weight excluding hydrogens is 208 g/mol. The largest absolute Gasteiger partial charge is 0.431 e. The van der Waals surface area contributed by atoms with E-state index in [4.69, 9.17) is 9.47 Å². The third-order valence-corrected chi connectivity index (χ3v) is 4.04. The fraction of sp³-hybridized carbons (Fsp3) is 0.833. The summed E-state index contributed by atoms with van der Waals surface area (Å²) in [6, 6.07) is 0. The quantitative estimate of drug-likeness (QED) is 0.461. The summed E-state index contributed by atoms with van der Waals surface area (Å²) in [6.45, 7) is 3.37. The van der Waals surface area contributed by atoms with Crippen molar-refractivity contribution in [3.05, 3.63) is 0 Å². The molecule has 4 heteroatoms. The summed E-state index contributed by atoms with van der Waals surface area (Å²) >= 11 is 0. The Hall–Kier alpha value is -0.900. The van der Waals surface area contributed by atoms with Crippen LogP contribution in [0.4, 0.5) is 0 Å². The van der Waals surface area contributed by atoms with E-state index in [-0.39, 0.29) is 17.6 Å². The van der Waals surface area contributed by atoms with Crippen LogP contribution in [0.15, 0.2) is 0 Å². The smallest absolute Gasteiger partial charge is 0.349 e. The second-order valence-electron chi connectivity index (χ2n) is 5.49. The predicted molar refractivity (Wildman–Crippen MR) is 54.4 cm³/mol. The first-order valence-corrected chi connectivity index (χ1v) is 5.95. The van der Waals surface area contributed by atoms with E-state index in [1.165, 1.54) is 0 Å². The van der Waals surface area contributed by atoms with Gasteiger partial charge < -0.3 is 9.47 Å². The van der Waals surface area contributed by atoms with Gasteiger partial charge >= 0.3 is 5.97 Å². The lowest BCUT2D eigenvalue weighted by Crippen LogP contribution is -2.68. The zero-order valence-electron chi connectivity index (χ0n) is 9.62. The number of carbonyl (C=O) groups excluding carboxylic acids is 2. The minimum absolute atomic E-state index is 0.0372. The van der Waals surface area contributed by atoms with Gasteiger partial charge in [-0.2, -0.15) is 0 Å². The van der Waals surface area contributed by atoms with E-state index in [0.717, 1.165) is 25.7 Å². The van der Waals surface area contributed by atoms with Gasteiger partial charge in [0.15, 0.2) is 5.78 Å². The molecule has 3 rings (SSSR count). The minimum atomic E-state index is -1.24. The topological polar surface area (TPSA) is 52.6 Å². The van der Waals surface area contributed by atoms with Gasteiger partial charge in [-0.25, -0.2) is 4.79 Å². The first-order chi connectivity index (χ1) is 7.47. The van der Waals surface area contributed by atoms with Crippen LogP contribution in [0.3, 0.4) is 0 Å². The monoisotopic (exact) mass is 224 g/mol. The van der Waals surface area contributed by atoms with Gasteiger partial charge in [-0.1, -0.05) is 12.8 Å². The highest BCUT2D eigenvalue weighted by molar-refractivity contribution is 6.14. The molecule has 0 aromatic heterocycles. The van der Waals surface area contributed by atoms with Crippen molar-refractivity contribution in [2.45, 2.75) is 50.9 Å². The fourth-order valence-corrected chi connectivity index (χ4v) is 3.42. The molecule has 0 unspecified atom stereocenters. The maximum atomic E-state index is 12.1. The van der Waals surface area contributed by atoms with E-state index in [0.29, 0.717) is 0 Å². The van der Waals surface area contributed by atoms with E-state index in [9.17, 15) is 9.59 Å². The number of esters is 1. The van der Waals surface area contributed by atoms with Gasteiger partial charge in [0.05, 0.1) is 0 Å². The van der Waals surface area contributed by atoms with Gasteiger partial charge in [0.1, 0.15) is 0 Å². The molecule has 4 nitrogen and oxygen atoms in total. The van der Waals surface area contributed by atoms with E-state index in [2.05, 4.69) is 0 Å². The van der Waals surface area contributed by atoms with Crippen molar-refractivity contribution < 1.29 is 19.1 Å². The molecule has 88 valence electrons. The van der Waals surface area contributed by atoms with E-state index >= 15 is 0 Å². The molecule has 1 saturated heterocycles. The van der Waals surface area contributed by atoms with Crippen LogP contribution in [0, 0.1) is 11.8 Å². The lowest BCUT2D eigenvalue weighted by molar-refractivity contribution is -0.213. The number of hydrogen-bond donors (Lipinski definition) is 0. The average Bonchev–Trinajstić information content (AvgIpc) is 2.50. The summed E-state index contributed by atoms with van der Waals surface area (Å²) in [5.41, 5.74) is -1.24. The third-order valence-electron chi connectivity index (χ3n) is 4.04. The summed E-state index contributed by atoms with van der Waals surface area (Å²) < 4.78 is 10.8. The Morgan fingerprint density at radius 2 is 1.88 bits per heavy atom.